The van der Waals surface area contributed by atoms with E-state index in [0.717, 1.165) is 5.69 Å². The molecule has 5 nitrogen and oxygen atoms in total. The summed E-state index contributed by atoms with van der Waals surface area (Å²) in [7, 11) is 1.75. The fourth-order valence-electron chi connectivity index (χ4n) is 2.42. The number of hydrogen-bond acceptors (Lipinski definition) is 3. The molecule has 0 bridgehead atoms. The number of aromatic nitrogens is 1. The van der Waals surface area contributed by atoms with Crippen LogP contribution in [0.1, 0.15) is 21.8 Å². The number of furan rings is 1. The van der Waals surface area contributed by atoms with Gasteiger partial charge in [-0.1, -0.05) is 18.2 Å². The lowest BCUT2D eigenvalue weighted by atomic mass is 10.2. The van der Waals surface area contributed by atoms with Gasteiger partial charge in [0.25, 0.3) is 5.91 Å². The number of amides is 1. The van der Waals surface area contributed by atoms with Crippen LogP contribution in [-0.4, -0.2) is 10.5 Å². The van der Waals surface area contributed by atoms with E-state index < -0.39 is 0 Å². The van der Waals surface area contributed by atoms with Crippen molar-refractivity contribution in [1.82, 2.24) is 4.57 Å². The van der Waals surface area contributed by atoms with E-state index in [-0.39, 0.29) is 5.91 Å². The van der Waals surface area contributed by atoms with Crippen LogP contribution in [0.3, 0.4) is 0 Å². The van der Waals surface area contributed by atoms with E-state index in [1.807, 2.05) is 36.4 Å². The zero-order valence-corrected chi connectivity index (χ0v) is 12.6. The second-order valence-electron chi connectivity index (χ2n) is 5.14. The predicted octanol–water partition coefficient (Wildman–Crippen LogP) is 3.34. The van der Waals surface area contributed by atoms with Gasteiger partial charge in [-0.05, 0) is 30.3 Å². The highest BCUT2D eigenvalue weighted by molar-refractivity contribution is 6.05. The van der Waals surface area contributed by atoms with Crippen molar-refractivity contribution in [3.63, 3.8) is 0 Å². The lowest BCUT2D eigenvalue weighted by molar-refractivity contribution is 0.0975. The molecule has 1 amide bonds. The first kappa shape index (κ1) is 14.7. The standard InChI is InChI=1S/C18H15N3O2/c1-20-12-14(11-19)10-17(20)18(22)21(13-16-8-5-9-23-16)15-6-3-2-4-7-15/h2-10,12H,13H2,1H3. The summed E-state index contributed by atoms with van der Waals surface area (Å²) >= 11 is 0. The molecule has 3 aromatic rings. The van der Waals surface area contributed by atoms with Crippen LogP contribution in [0, 0.1) is 11.3 Å². The number of carbonyl (C=O) groups is 1. The fourth-order valence-corrected chi connectivity index (χ4v) is 2.42. The highest BCUT2D eigenvalue weighted by Crippen LogP contribution is 2.21. The molecule has 1 aromatic carbocycles. The molecular formula is C18H15N3O2. The lowest BCUT2D eigenvalue weighted by Crippen LogP contribution is -2.31. The van der Waals surface area contributed by atoms with Crippen LogP contribution in [0.15, 0.2) is 65.4 Å². The fraction of sp³-hybridized carbons (Fsp3) is 0.111. The van der Waals surface area contributed by atoms with Crippen molar-refractivity contribution < 1.29 is 9.21 Å². The Morgan fingerprint density at radius 2 is 2.04 bits per heavy atom. The zero-order valence-electron chi connectivity index (χ0n) is 12.6. The SMILES string of the molecule is Cn1cc(C#N)cc1C(=O)N(Cc1ccco1)c1ccccc1. The second-order valence-corrected chi connectivity index (χ2v) is 5.14. The minimum Gasteiger partial charge on any atom is -0.467 e. The molecule has 0 fully saturated rings. The molecule has 0 aliphatic rings. The molecule has 0 radical (unpaired) electrons. The van der Waals surface area contributed by atoms with Crippen LogP contribution in [0.4, 0.5) is 5.69 Å². The van der Waals surface area contributed by atoms with Crippen molar-refractivity contribution >= 4 is 11.6 Å². The van der Waals surface area contributed by atoms with E-state index in [1.165, 1.54) is 0 Å². The van der Waals surface area contributed by atoms with Gasteiger partial charge in [0.2, 0.25) is 0 Å². The molecule has 0 saturated heterocycles. The molecule has 0 spiro atoms. The third-order valence-electron chi connectivity index (χ3n) is 3.56. The molecule has 0 aliphatic heterocycles. The number of carbonyl (C=O) groups excluding carboxylic acids is 1. The molecule has 5 heteroatoms. The third kappa shape index (κ3) is 3.01. The Labute approximate surface area is 134 Å². The Balaban J connectivity index is 1.99. The summed E-state index contributed by atoms with van der Waals surface area (Å²) in [4.78, 5) is 14.6. The number of nitrogens with zero attached hydrogens (tertiary/aromatic N) is 3. The van der Waals surface area contributed by atoms with Crippen LogP contribution in [0.5, 0.6) is 0 Å². The Bertz CT molecular complexity index is 842. The summed E-state index contributed by atoms with van der Waals surface area (Å²) in [6.07, 6.45) is 3.22. The third-order valence-corrected chi connectivity index (χ3v) is 3.56. The topological polar surface area (TPSA) is 62.2 Å². The van der Waals surface area contributed by atoms with Gasteiger partial charge in [0.05, 0.1) is 18.4 Å². The van der Waals surface area contributed by atoms with Gasteiger partial charge in [0.1, 0.15) is 17.5 Å². The predicted molar refractivity (Wildman–Crippen MR) is 85.8 cm³/mol. The number of para-hydroxylation sites is 1. The molecule has 2 aromatic heterocycles. The number of aryl methyl sites for hydroxylation is 1. The van der Waals surface area contributed by atoms with Gasteiger partial charge in [-0.3, -0.25) is 9.69 Å². The maximum absolute atomic E-state index is 13.0. The van der Waals surface area contributed by atoms with Crippen LogP contribution in [0.25, 0.3) is 0 Å². The molecule has 0 unspecified atom stereocenters. The minimum absolute atomic E-state index is 0.184. The summed E-state index contributed by atoms with van der Waals surface area (Å²) < 4.78 is 7.04. The minimum atomic E-state index is -0.184. The Morgan fingerprint density at radius 3 is 2.65 bits per heavy atom. The maximum atomic E-state index is 13.0. The number of hydrogen-bond donors (Lipinski definition) is 0. The molecule has 23 heavy (non-hydrogen) atoms. The van der Waals surface area contributed by atoms with E-state index >= 15 is 0 Å². The van der Waals surface area contributed by atoms with Gasteiger partial charge in [0.15, 0.2) is 0 Å². The smallest absolute Gasteiger partial charge is 0.275 e. The Hall–Kier alpha value is -3.26. The van der Waals surface area contributed by atoms with Gasteiger partial charge < -0.3 is 8.98 Å². The van der Waals surface area contributed by atoms with Crippen LogP contribution >= 0.6 is 0 Å². The molecule has 0 N–H and O–H groups in total. The van der Waals surface area contributed by atoms with E-state index in [1.54, 1.807) is 41.1 Å². The molecule has 3 rings (SSSR count). The first-order valence-electron chi connectivity index (χ1n) is 7.15. The van der Waals surface area contributed by atoms with Gasteiger partial charge in [-0.2, -0.15) is 5.26 Å². The molecule has 2 heterocycles. The molecule has 0 saturated carbocycles. The Kier molecular flexibility index (Phi) is 3.98. The van der Waals surface area contributed by atoms with E-state index in [9.17, 15) is 4.79 Å². The van der Waals surface area contributed by atoms with Crippen molar-refractivity contribution in [3.8, 4) is 6.07 Å². The molecular weight excluding hydrogens is 290 g/mol. The lowest BCUT2D eigenvalue weighted by Gasteiger charge is -2.22. The normalized spacial score (nSPS) is 10.3. The average Bonchev–Trinajstić information content (AvgIpc) is 3.22. The molecule has 0 atom stereocenters. The van der Waals surface area contributed by atoms with Crippen LogP contribution < -0.4 is 4.90 Å². The highest BCUT2D eigenvalue weighted by atomic mass is 16.3. The van der Waals surface area contributed by atoms with Gasteiger partial charge >= 0.3 is 0 Å². The average molecular weight is 305 g/mol. The summed E-state index contributed by atoms with van der Waals surface area (Å²) in [6, 6.07) is 16.7. The van der Waals surface area contributed by atoms with Crippen molar-refractivity contribution in [3.05, 3.63) is 78.0 Å². The van der Waals surface area contributed by atoms with Crippen molar-refractivity contribution in [2.24, 2.45) is 7.05 Å². The van der Waals surface area contributed by atoms with Crippen molar-refractivity contribution in [2.75, 3.05) is 4.90 Å². The van der Waals surface area contributed by atoms with E-state index in [0.29, 0.717) is 23.6 Å². The molecule has 114 valence electrons. The number of anilines is 1. The van der Waals surface area contributed by atoms with E-state index in [2.05, 4.69) is 6.07 Å². The van der Waals surface area contributed by atoms with E-state index in [4.69, 9.17) is 9.68 Å². The number of benzene rings is 1. The highest BCUT2D eigenvalue weighted by Gasteiger charge is 2.22. The monoisotopic (exact) mass is 305 g/mol. The first-order chi connectivity index (χ1) is 11.2. The number of rotatable bonds is 4. The summed E-state index contributed by atoms with van der Waals surface area (Å²) in [6.45, 7) is 0.322. The second kappa shape index (κ2) is 6.24. The van der Waals surface area contributed by atoms with Gasteiger partial charge in [0, 0.05) is 18.9 Å². The quantitative estimate of drug-likeness (QED) is 0.742. The van der Waals surface area contributed by atoms with Crippen molar-refractivity contribution in [2.45, 2.75) is 6.54 Å². The van der Waals surface area contributed by atoms with Gasteiger partial charge in [-0.25, -0.2) is 0 Å². The van der Waals surface area contributed by atoms with Crippen LogP contribution in [0.2, 0.25) is 0 Å². The molecule has 0 aliphatic carbocycles. The van der Waals surface area contributed by atoms with Gasteiger partial charge in [-0.15, -0.1) is 0 Å². The van der Waals surface area contributed by atoms with Crippen LogP contribution in [-0.2, 0) is 13.6 Å². The summed E-state index contributed by atoms with van der Waals surface area (Å²) in [5.41, 5.74) is 1.69. The van der Waals surface area contributed by atoms with Crippen molar-refractivity contribution in [1.29, 1.82) is 5.26 Å². The maximum Gasteiger partial charge on any atom is 0.275 e. The Morgan fingerprint density at radius 1 is 1.26 bits per heavy atom. The summed E-state index contributed by atoms with van der Waals surface area (Å²) in [5.74, 6) is 0.508. The zero-order chi connectivity index (χ0) is 16.2. The number of nitriles is 1. The first-order valence-corrected chi connectivity index (χ1v) is 7.15. The summed E-state index contributed by atoms with van der Waals surface area (Å²) in [5, 5.41) is 9.02. The largest absolute Gasteiger partial charge is 0.467 e.